The van der Waals surface area contributed by atoms with E-state index in [1.165, 1.54) is 37.5 Å². The average molecular weight is 423 g/mol. The fraction of sp³-hybridized carbons (Fsp3) is 0.935. The van der Waals surface area contributed by atoms with E-state index < -0.39 is 0 Å². The Morgan fingerprint density at radius 3 is 2.48 bits per heavy atom. The van der Waals surface area contributed by atoms with E-state index in [0.717, 1.165) is 57.7 Å². The zero-order chi connectivity index (χ0) is 22.0. The van der Waals surface area contributed by atoms with E-state index in [0.29, 0.717) is 5.41 Å². The third kappa shape index (κ3) is 2.50. The van der Waals surface area contributed by atoms with Crippen LogP contribution in [-0.2, 0) is 0 Å². The van der Waals surface area contributed by atoms with Crippen molar-refractivity contribution < 1.29 is 0 Å². The Hall–Kier alpha value is -0.260. The molecule has 12 atom stereocenters. The van der Waals surface area contributed by atoms with Gasteiger partial charge < -0.3 is 0 Å². The Morgan fingerprint density at radius 1 is 1.06 bits per heavy atom. The molecule has 2 spiro atoms. The number of hydrogen-bond donors (Lipinski definition) is 0. The molecule has 0 saturated heterocycles. The quantitative estimate of drug-likeness (QED) is 0.309. The molecule has 0 aromatic rings. The Labute approximate surface area is 193 Å². The summed E-state index contributed by atoms with van der Waals surface area (Å²) in [6.45, 7) is 17.7. The summed E-state index contributed by atoms with van der Waals surface area (Å²) in [5.74, 6) is 9.42. The molecule has 0 nitrogen and oxygen atoms in total. The minimum atomic E-state index is 0.494. The summed E-state index contributed by atoms with van der Waals surface area (Å²) in [7, 11) is 0. The van der Waals surface area contributed by atoms with Gasteiger partial charge in [0.25, 0.3) is 0 Å². The number of allylic oxidation sites excluding steroid dienone is 2. The highest BCUT2D eigenvalue weighted by Crippen LogP contribution is 3.01. The second-order valence-electron chi connectivity index (χ2n) is 14.4. The molecule has 0 heteroatoms. The van der Waals surface area contributed by atoms with E-state index in [9.17, 15) is 0 Å². The van der Waals surface area contributed by atoms with Gasteiger partial charge in [-0.3, -0.25) is 0 Å². The Kier molecular flexibility index (Phi) is 4.42. The first-order valence-corrected chi connectivity index (χ1v) is 14.4. The van der Waals surface area contributed by atoms with Crippen LogP contribution in [0.4, 0.5) is 0 Å². The predicted molar refractivity (Wildman–Crippen MR) is 132 cm³/mol. The van der Waals surface area contributed by atoms with Crippen LogP contribution in [0.2, 0.25) is 0 Å². The highest BCUT2D eigenvalue weighted by molar-refractivity contribution is 5.43. The standard InChI is InChI=1S/C31H50/c1-8-11-12-20-15-21(20)13-14-23-27-25-17-30(25,27)18-26-29(7)16-24(31(23,26)29)22(9-2)19(4)28(5,6)10-3/h11-12,19-27H,8-10,13-18H2,1-7H3. The minimum Gasteiger partial charge on any atom is -0.0885 e. The first kappa shape index (κ1) is 21.3. The molecule has 0 aromatic heterocycles. The van der Waals surface area contributed by atoms with E-state index in [-0.39, 0.29) is 0 Å². The molecule has 6 fully saturated rings. The van der Waals surface area contributed by atoms with Gasteiger partial charge in [0.15, 0.2) is 0 Å². The van der Waals surface area contributed by atoms with Gasteiger partial charge >= 0.3 is 0 Å². The monoisotopic (exact) mass is 422 g/mol. The van der Waals surface area contributed by atoms with Crippen LogP contribution in [0.25, 0.3) is 0 Å². The van der Waals surface area contributed by atoms with Crippen molar-refractivity contribution in [2.75, 3.05) is 0 Å². The summed E-state index contributed by atoms with van der Waals surface area (Å²) in [5.41, 5.74) is 2.91. The topological polar surface area (TPSA) is 0 Å². The van der Waals surface area contributed by atoms with Crippen LogP contribution in [-0.4, -0.2) is 0 Å². The normalized spacial score (nSPS) is 54.7. The molecular formula is C31H50. The van der Waals surface area contributed by atoms with Crippen molar-refractivity contribution in [3.05, 3.63) is 12.2 Å². The lowest BCUT2D eigenvalue weighted by atomic mass is 9.49. The summed E-state index contributed by atoms with van der Waals surface area (Å²) >= 11 is 0. The lowest BCUT2D eigenvalue weighted by Gasteiger charge is -2.55. The predicted octanol–water partition coefficient (Wildman–Crippen LogP) is 8.77. The number of rotatable bonds is 10. The van der Waals surface area contributed by atoms with Crippen molar-refractivity contribution >= 4 is 0 Å². The summed E-state index contributed by atoms with van der Waals surface area (Å²) in [6.07, 6.45) is 18.4. The van der Waals surface area contributed by atoms with Gasteiger partial charge in [0.1, 0.15) is 0 Å². The first-order chi connectivity index (χ1) is 14.7. The SMILES string of the molecule is CCC=CC1CC1CCC1C2C3CC32CC2C3(C)CC(C(CC)C(C)C(C)(C)CC)C123. The molecule has 12 unspecified atom stereocenters. The van der Waals surface area contributed by atoms with Gasteiger partial charge in [-0.05, 0) is 120 Å². The fourth-order valence-electron chi connectivity index (χ4n) is 10.8. The lowest BCUT2D eigenvalue weighted by Crippen LogP contribution is -2.49. The van der Waals surface area contributed by atoms with Gasteiger partial charge in [-0.15, -0.1) is 0 Å². The molecule has 6 rings (SSSR count). The summed E-state index contributed by atoms with van der Waals surface area (Å²) in [6, 6.07) is 0. The van der Waals surface area contributed by atoms with E-state index in [1.54, 1.807) is 32.1 Å². The van der Waals surface area contributed by atoms with Crippen LogP contribution >= 0.6 is 0 Å². The van der Waals surface area contributed by atoms with E-state index in [1.807, 2.05) is 0 Å². The van der Waals surface area contributed by atoms with Crippen molar-refractivity contribution in [2.45, 2.75) is 106 Å². The van der Waals surface area contributed by atoms with Crippen molar-refractivity contribution in [1.82, 2.24) is 0 Å². The highest BCUT2D eigenvalue weighted by Gasteiger charge is 2.96. The van der Waals surface area contributed by atoms with E-state index in [2.05, 4.69) is 60.6 Å². The molecule has 0 aliphatic heterocycles. The second kappa shape index (κ2) is 6.44. The second-order valence-corrected chi connectivity index (χ2v) is 14.4. The largest absolute Gasteiger partial charge is 0.0885 e. The van der Waals surface area contributed by atoms with Gasteiger partial charge in [0, 0.05) is 0 Å². The Morgan fingerprint density at radius 2 is 1.84 bits per heavy atom. The minimum absolute atomic E-state index is 0.494. The summed E-state index contributed by atoms with van der Waals surface area (Å²) < 4.78 is 0. The molecule has 0 radical (unpaired) electrons. The highest BCUT2D eigenvalue weighted by atomic mass is 15.0. The zero-order valence-electron chi connectivity index (χ0n) is 21.7. The van der Waals surface area contributed by atoms with Crippen LogP contribution in [0.1, 0.15) is 106 Å². The number of hydrogen-bond acceptors (Lipinski definition) is 0. The maximum Gasteiger partial charge on any atom is -0.0144 e. The van der Waals surface area contributed by atoms with E-state index >= 15 is 0 Å². The fourth-order valence-corrected chi connectivity index (χ4v) is 10.8. The molecular weight excluding hydrogens is 372 g/mol. The molecule has 6 aliphatic carbocycles. The Bertz CT molecular complexity index is 775. The van der Waals surface area contributed by atoms with Crippen LogP contribution in [0.3, 0.4) is 0 Å². The molecule has 6 saturated carbocycles. The maximum absolute atomic E-state index is 2.76. The molecule has 174 valence electrons. The molecule has 0 aromatic carbocycles. The van der Waals surface area contributed by atoms with Gasteiger partial charge in [-0.25, -0.2) is 0 Å². The maximum atomic E-state index is 2.76. The number of fused-ring (bicyclic) bond motifs is 2. The molecule has 6 aliphatic rings. The van der Waals surface area contributed by atoms with Crippen molar-refractivity contribution in [1.29, 1.82) is 0 Å². The summed E-state index contributed by atoms with van der Waals surface area (Å²) in [4.78, 5) is 0. The zero-order valence-corrected chi connectivity index (χ0v) is 21.7. The van der Waals surface area contributed by atoms with Gasteiger partial charge in [0.05, 0.1) is 0 Å². The van der Waals surface area contributed by atoms with Gasteiger partial charge in [-0.2, -0.15) is 0 Å². The third-order valence-corrected chi connectivity index (χ3v) is 13.5. The third-order valence-electron chi connectivity index (χ3n) is 13.5. The molecule has 0 bridgehead atoms. The molecule has 0 heterocycles. The average Bonchev–Trinajstić information content (AvgIpc) is 3.65. The van der Waals surface area contributed by atoms with E-state index in [4.69, 9.17) is 0 Å². The van der Waals surface area contributed by atoms with Crippen molar-refractivity contribution in [2.24, 2.45) is 74.9 Å². The van der Waals surface area contributed by atoms with Gasteiger partial charge in [0.2, 0.25) is 0 Å². The van der Waals surface area contributed by atoms with Crippen LogP contribution in [0.5, 0.6) is 0 Å². The molecule has 31 heavy (non-hydrogen) atoms. The lowest BCUT2D eigenvalue weighted by molar-refractivity contribution is -0.0736. The van der Waals surface area contributed by atoms with Crippen LogP contribution < -0.4 is 0 Å². The van der Waals surface area contributed by atoms with Crippen LogP contribution in [0.15, 0.2) is 12.2 Å². The molecule has 0 N–H and O–H groups in total. The van der Waals surface area contributed by atoms with Crippen molar-refractivity contribution in [3.8, 4) is 0 Å². The van der Waals surface area contributed by atoms with Crippen LogP contribution in [0, 0.1) is 74.9 Å². The van der Waals surface area contributed by atoms with Crippen molar-refractivity contribution in [3.63, 3.8) is 0 Å². The van der Waals surface area contributed by atoms with Gasteiger partial charge in [-0.1, -0.05) is 73.5 Å². The summed E-state index contributed by atoms with van der Waals surface area (Å²) in [5, 5.41) is 0. The Balaban J connectivity index is 1.23. The first-order valence-electron chi connectivity index (χ1n) is 14.4. The molecule has 0 amide bonds. The smallest absolute Gasteiger partial charge is 0.0144 e.